The molecule has 0 unspecified atom stereocenters. The Balaban J connectivity index is 1.38. The number of hydrazone groups is 1. The number of amides is 2. The third-order valence-corrected chi connectivity index (χ3v) is 7.09. The zero-order valence-corrected chi connectivity index (χ0v) is 15.5. The second kappa shape index (κ2) is 5.53. The molecule has 5 nitrogen and oxygen atoms in total. The minimum absolute atomic E-state index is 0.143. The van der Waals surface area contributed by atoms with E-state index in [9.17, 15) is 9.59 Å². The van der Waals surface area contributed by atoms with Crippen molar-refractivity contribution in [2.24, 2.45) is 40.6 Å². The van der Waals surface area contributed by atoms with Gasteiger partial charge in [0.1, 0.15) is 5.75 Å². The second-order valence-corrected chi connectivity index (χ2v) is 8.29. The molecule has 1 saturated heterocycles. The molecule has 0 N–H and O–H groups in total. The van der Waals surface area contributed by atoms with E-state index < -0.39 is 0 Å². The highest BCUT2D eigenvalue weighted by atomic mass is 16.5. The lowest BCUT2D eigenvalue weighted by molar-refractivity contribution is -0.140. The molecular weight excluding hydrogens is 352 g/mol. The van der Waals surface area contributed by atoms with Gasteiger partial charge in [0.15, 0.2) is 0 Å². The van der Waals surface area contributed by atoms with Crippen LogP contribution in [0, 0.1) is 35.5 Å². The molecule has 0 radical (unpaired) electrons. The molecule has 0 aromatic heterocycles. The molecule has 1 heterocycles. The maximum absolute atomic E-state index is 13.1. The highest BCUT2D eigenvalue weighted by Crippen LogP contribution is 2.65. The van der Waals surface area contributed by atoms with Gasteiger partial charge in [0, 0.05) is 5.56 Å². The van der Waals surface area contributed by atoms with Crippen LogP contribution in [0.15, 0.2) is 53.7 Å². The van der Waals surface area contributed by atoms with E-state index in [0.717, 1.165) is 27.8 Å². The maximum atomic E-state index is 13.1. The van der Waals surface area contributed by atoms with E-state index in [0.29, 0.717) is 17.6 Å². The Kier molecular flexibility index (Phi) is 3.17. The van der Waals surface area contributed by atoms with E-state index >= 15 is 0 Å². The van der Waals surface area contributed by atoms with Gasteiger partial charge in [-0.05, 0) is 46.9 Å². The molecule has 2 aromatic carbocycles. The van der Waals surface area contributed by atoms with E-state index in [1.807, 2.05) is 36.4 Å². The first-order valence-corrected chi connectivity index (χ1v) is 9.85. The van der Waals surface area contributed by atoms with Crippen molar-refractivity contribution in [3.05, 3.63) is 54.1 Å². The number of fused-ring (bicyclic) bond motifs is 1. The summed E-state index contributed by atoms with van der Waals surface area (Å²) in [5.41, 5.74) is 0.778. The topological polar surface area (TPSA) is 59.0 Å². The van der Waals surface area contributed by atoms with Gasteiger partial charge in [-0.25, -0.2) is 0 Å². The predicted molar refractivity (Wildman–Crippen MR) is 105 cm³/mol. The number of carbonyl (C=O) groups is 2. The fourth-order valence-electron chi connectivity index (χ4n) is 5.76. The van der Waals surface area contributed by atoms with Crippen molar-refractivity contribution in [1.29, 1.82) is 0 Å². The van der Waals surface area contributed by atoms with E-state index in [-0.39, 0.29) is 35.5 Å². The Hall–Kier alpha value is -2.95. The van der Waals surface area contributed by atoms with Crippen LogP contribution in [0.4, 0.5) is 0 Å². The Morgan fingerprint density at radius 2 is 1.68 bits per heavy atom. The van der Waals surface area contributed by atoms with Gasteiger partial charge in [0.25, 0.3) is 11.8 Å². The number of imide groups is 1. The predicted octanol–water partition coefficient (Wildman–Crippen LogP) is 3.24. The lowest BCUT2D eigenvalue weighted by atomic mass is 9.63. The number of allylic oxidation sites excluding steroid dienone is 2. The maximum Gasteiger partial charge on any atom is 0.254 e. The first-order valence-electron chi connectivity index (χ1n) is 9.85. The Labute approximate surface area is 162 Å². The minimum Gasteiger partial charge on any atom is -0.496 e. The lowest BCUT2D eigenvalue weighted by Crippen LogP contribution is -2.40. The van der Waals surface area contributed by atoms with Crippen molar-refractivity contribution in [1.82, 2.24) is 5.01 Å². The molecule has 7 rings (SSSR count). The Bertz CT molecular complexity index is 1050. The smallest absolute Gasteiger partial charge is 0.254 e. The zero-order valence-electron chi connectivity index (χ0n) is 15.5. The summed E-state index contributed by atoms with van der Waals surface area (Å²) >= 11 is 0. The molecule has 1 aliphatic heterocycles. The first kappa shape index (κ1) is 16.0. The highest BCUT2D eigenvalue weighted by molar-refractivity contribution is 6.08. The molecule has 5 aliphatic rings. The molecule has 2 aromatic rings. The van der Waals surface area contributed by atoms with Crippen molar-refractivity contribution in [2.75, 3.05) is 7.11 Å². The first-order chi connectivity index (χ1) is 13.7. The van der Waals surface area contributed by atoms with E-state index in [4.69, 9.17) is 4.74 Å². The van der Waals surface area contributed by atoms with Crippen LogP contribution >= 0.6 is 0 Å². The molecule has 4 aliphatic carbocycles. The zero-order chi connectivity index (χ0) is 19.0. The molecule has 6 atom stereocenters. The summed E-state index contributed by atoms with van der Waals surface area (Å²) in [5, 5.41) is 7.53. The summed E-state index contributed by atoms with van der Waals surface area (Å²) in [6.45, 7) is 0. The Morgan fingerprint density at radius 1 is 1.00 bits per heavy atom. The normalized spacial score (nSPS) is 35.0. The molecule has 2 saturated carbocycles. The molecular formula is C23H20N2O3. The number of hydrogen-bond donors (Lipinski definition) is 0. The second-order valence-electron chi connectivity index (χ2n) is 8.29. The molecule has 28 heavy (non-hydrogen) atoms. The summed E-state index contributed by atoms with van der Waals surface area (Å²) in [7, 11) is 1.61. The van der Waals surface area contributed by atoms with Crippen LogP contribution in [0.25, 0.3) is 10.8 Å². The molecule has 5 heteroatoms. The van der Waals surface area contributed by atoms with Gasteiger partial charge in [-0.2, -0.15) is 10.1 Å². The monoisotopic (exact) mass is 372 g/mol. The van der Waals surface area contributed by atoms with Gasteiger partial charge in [0.05, 0.1) is 25.2 Å². The number of carbonyl (C=O) groups excluding carboxylic acids is 2. The van der Waals surface area contributed by atoms with Gasteiger partial charge in [-0.1, -0.05) is 42.5 Å². The fraction of sp³-hybridized carbons (Fsp3) is 0.348. The van der Waals surface area contributed by atoms with Gasteiger partial charge in [-0.15, -0.1) is 0 Å². The molecule has 2 amide bonds. The molecule has 2 bridgehead atoms. The number of benzene rings is 2. The van der Waals surface area contributed by atoms with Crippen molar-refractivity contribution < 1.29 is 14.3 Å². The van der Waals surface area contributed by atoms with Crippen LogP contribution in [0.5, 0.6) is 5.75 Å². The quantitative estimate of drug-likeness (QED) is 0.472. The highest BCUT2D eigenvalue weighted by Gasteiger charge is 2.67. The van der Waals surface area contributed by atoms with Gasteiger partial charge in [0.2, 0.25) is 0 Å². The van der Waals surface area contributed by atoms with E-state index in [1.165, 1.54) is 0 Å². The molecule has 140 valence electrons. The number of nitrogens with zero attached hydrogens (tertiary/aromatic N) is 2. The van der Waals surface area contributed by atoms with Crippen LogP contribution in [-0.4, -0.2) is 30.1 Å². The summed E-state index contributed by atoms with van der Waals surface area (Å²) < 4.78 is 5.49. The average molecular weight is 372 g/mol. The van der Waals surface area contributed by atoms with Crippen molar-refractivity contribution in [2.45, 2.75) is 6.42 Å². The van der Waals surface area contributed by atoms with Crippen LogP contribution in [0.2, 0.25) is 0 Å². The number of hydrogen-bond acceptors (Lipinski definition) is 4. The summed E-state index contributed by atoms with van der Waals surface area (Å²) in [6, 6.07) is 11.8. The number of ether oxygens (including phenoxy) is 1. The van der Waals surface area contributed by atoms with Gasteiger partial charge >= 0.3 is 0 Å². The number of rotatable bonds is 3. The van der Waals surface area contributed by atoms with Crippen LogP contribution in [-0.2, 0) is 9.59 Å². The fourth-order valence-corrected chi connectivity index (χ4v) is 5.76. The van der Waals surface area contributed by atoms with Crippen LogP contribution in [0.1, 0.15) is 12.0 Å². The SMILES string of the molecule is COc1ccc2ccccc2c1/C=N\N1C(=O)[C@@H]2[C@H]3C=C[C@H]([C@H]4C[C@@H]34)[C@@H]2C1=O. The molecule has 0 spiro atoms. The third kappa shape index (κ3) is 1.99. The largest absolute Gasteiger partial charge is 0.496 e. The van der Waals surface area contributed by atoms with Crippen LogP contribution < -0.4 is 4.74 Å². The van der Waals surface area contributed by atoms with Crippen LogP contribution in [0.3, 0.4) is 0 Å². The third-order valence-electron chi connectivity index (χ3n) is 7.09. The lowest BCUT2D eigenvalue weighted by Gasteiger charge is -2.37. The summed E-state index contributed by atoms with van der Waals surface area (Å²) in [6.07, 6.45) is 7.11. The number of methoxy groups -OCH3 is 1. The van der Waals surface area contributed by atoms with Gasteiger partial charge in [-0.3, -0.25) is 9.59 Å². The van der Waals surface area contributed by atoms with Crippen molar-refractivity contribution in [3.8, 4) is 5.75 Å². The van der Waals surface area contributed by atoms with Crippen molar-refractivity contribution >= 4 is 28.8 Å². The van der Waals surface area contributed by atoms with Gasteiger partial charge < -0.3 is 4.74 Å². The molecule has 3 fully saturated rings. The minimum atomic E-state index is -0.224. The average Bonchev–Trinajstić information content (AvgIpc) is 3.51. The summed E-state index contributed by atoms with van der Waals surface area (Å²) in [5.74, 6) is 1.54. The van der Waals surface area contributed by atoms with E-state index in [1.54, 1.807) is 13.3 Å². The van der Waals surface area contributed by atoms with E-state index in [2.05, 4.69) is 17.3 Å². The standard InChI is InChI=1S/C23H20N2O3/c1-28-19-9-6-12-4-2-3-5-13(12)18(19)11-24-25-22(26)20-14-7-8-15(17-10-16(14)17)21(20)23(25)27/h2-9,11,14-17,20-21H,10H2,1H3/b24-11-/t14-,15+,16-,17+,20+,21-. The summed E-state index contributed by atoms with van der Waals surface area (Å²) in [4.78, 5) is 26.1. The van der Waals surface area contributed by atoms with Crippen molar-refractivity contribution in [3.63, 3.8) is 0 Å². The Morgan fingerprint density at radius 3 is 2.36 bits per heavy atom.